The third kappa shape index (κ3) is 6.58. The first-order chi connectivity index (χ1) is 8.38. The average Bonchev–Trinajstić information content (AvgIpc) is 2.66. The lowest BCUT2D eigenvalue weighted by atomic mass is 10.1. The second-order valence-corrected chi connectivity index (χ2v) is 5.60. The Hall–Kier alpha value is -0.300. The molecule has 1 rings (SSSR count). The maximum atomic E-state index is 11.7. The maximum absolute atomic E-state index is 11.7. The van der Waals surface area contributed by atoms with Crippen LogP contribution in [0.2, 0.25) is 0 Å². The largest absolute Gasteiger partial charge is 0.411 e. The minimum absolute atomic E-state index is 0.0320. The van der Waals surface area contributed by atoms with Crippen LogP contribution < -0.4 is 5.32 Å². The normalized spacial score (nSPS) is 24.2. The van der Waals surface area contributed by atoms with E-state index in [1.165, 1.54) is 0 Å². The molecule has 106 valence electrons. The van der Waals surface area contributed by atoms with Crippen molar-refractivity contribution in [3.8, 4) is 0 Å². The zero-order valence-electron chi connectivity index (χ0n) is 9.93. The molecule has 1 saturated carbocycles. The molecule has 0 bridgehead atoms. The smallest absolute Gasteiger partial charge is 0.372 e. The van der Waals surface area contributed by atoms with Crippen LogP contribution in [0.1, 0.15) is 25.7 Å². The molecule has 0 aliphatic heterocycles. The van der Waals surface area contributed by atoms with Crippen LogP contribution in [0, 0.1) is 5.92 Å². The Morgan fingerprint density at radius 3 is 2.67 bits per heavy atom. The van der Waals surface area contributed by atoms with Crippen LogP contribution in [0.25, 0.3) is 0 Å². The van der Waals surface area contributed by atoms with Crippen molar-refractivity contribution < 1.29 is 22.7 Å². The highest BCUT2D eigenvalue weighted by molar-refractivity contribution is 9.09. The number of nitrogens with one attached hydrogen (secondary N) is 1. The van der Waals surface area contributed by atoms with Gasteiger partial charge in [-0.15, -0.1) is 0 Å². The monoisotopic (exact) mass is 331 g/mol. The first-order valence-corrected chi connectivity index (χ1v) is 6.85. The molecule has 1 amide bonds. The minimum atomic E-state index is -4.33. The van der Waals surface area contributed by atoms with Crippen molar-refractivity contribution in [2.75, 3.05) is 19.8 Å². The summed E-state index contributed by atoms with van der Waals surface area (Å²) in [7, 11) is 0. The van der Waals surface area contributed by atoms with Gasteiger partial charge in [0, 0.05) is 17.8 Å². The minimum Gasteiger partial charge on any atom is -0.372 e. The second-order valence-electron chi connectivity index (χ2n) is 4.43. The first kappa shape index (κ1) is 15.8. The van der Waals surface area contributed by atoms with E-state index in [9.17, 15) is 18.0 Å². The summed E-state index contributed by atoms with van der Waals surface area (Å²) in [6, 6.07) is 0. The Bertz CT molecular complexity index is 274. The van der Waals surface area contributed by atoms with Crippen LogP contribution in [0.5, 0.6) is 0 Å². The SMILES string of the molecule is O=C(CCOCC(F)(F)F)NCC1CCCC1Br. The number of hydrogen-bond donors (Lipinski definition) is 1. The van der Waals surface area contributed by atoms with E-state index in [4.69, 9.17) is 0 Å². The zero-order chi connectivity index (χ0) is 13.6. The van der Waals surface area contributed by atoms with Gasteiger partial charge in [-0.3, -0.25) is 4.79 Å². The quantitative estimate of drug-likeness (QED) is 0.600. The van der Waals surface area contributed by atoms with Gasteiger partial charge in [0.25, 0.3) is 0 Å². The van der Waals surface area contributed by atoms with Crippen LogP contribution in [-0.4, -0.2) is 36.7 Å². The maximum Gasteiger partial charge on any atom is 0.411 e. The van der Waals surface area contributed by atoms with Crippen LogP contribution in [0.3, 0.4) is 0 Å². The lowest BCUT2D eigenvalue weighted by molar-refractivity contribution is -0.174. The topological polar surface area (TPSA) is 38.3 Å². The van der Waals surface area contributed by atoms with Crippen molar-refractivity contribution in [2.45, 2.75) is 36.7 Å². The summed E-state index contributed by atoms with van der Waals surface area (Å²) in [6.07, 6.45) is -1.04. The van der Waals surface area contributed by atoms with Gasteiger partial charge in [0.2, 0.25) is 5.91 Å². The van der Waals surface area contributed by atoms with Gasteiger partial charge in [-0.25, -0.2) is 0 Å². The van der Waals surface area contributed by atoms with Crippen LogP contribution in [0.4, 0.5) is 13.2 Å². The number of alkyl halides is 4. The molecular formula is C11H17BrF3NO2. The fraction of sp³-hybridized carbons (Fsp3) is 0.909. The van der Waals surface area contributed by atoms with Crippen LogP contribution in [0.15, 0.2) is 0 Å². The Labute approximate surface area is 113 Å². The molecule has 1 fully saturated rings. The van der Waals surface area contributed by atoms with Gasteiger partial charge >= 0.3 is 6.18 Å². The van der Waals surface area contributed by atoms with Gasteiger partial charge in [-0.05, 0) is 18.8 Å². The molecule has 0 heterocycles. The number of carbonyl (C=O) groups excluding carboxylic acids is 1. The van der Waals surface area contributed by atoms with Gasteiger partial charge < -0.3 is 10.1 Å². The van der Waals surface area contributed by atoms with Crippen molar-refractivity contribution in [3.05, 3.63) is 0 Å². The number of halogens is 4. The average molecular weight is 332 g/mol. The Morgan fingerprint density at radius 2 is 2.11 bits per heavy atom. The second kappa shape index (κ2) is 7.33. The summed E-state index contributed by atoms with van der Waals surface area (Å²) in [4.78, 5) is 11.8. The molecule has 7 heteroatoms. The molecule has 1 aliphatic rings. The Kier molecular flexibility index (Phi) is 6.42. The van der Waals surface area contributed by atoms with E-state index in [1.807, 2.05) is 0 Å². The number of carbonyl (C=O) groups is 1. The van der Waals surface area contributed by atoms with E-state index in [-0.39, 0.29) is 18.9 Å². The predicted molar refractivity (Wildman–Crippen MR) is 64.6 cm³/mol. The van der Waals surface area contributed by atoms with Gasteiger partial charge in [0.05, 0.1) is 6.61 Å². The third-order valence-electron chi connectivity index (χ3n) is 2.87. The van der Waals surface area contributed by atoms with E-state index in [0.717, 1.165) is 19.3 Å². The Balaban J connectivity index is 2.04. The van der Waals surface area contributed by atoms with Gasteiger partial charge in [-0.1, -0.05) is 22.4 Å². The van der Waals surface area contributed by atoms with Gasteiger partial charge in [0.15, 0.2) is 0 Å². The van der Waals surface area contributed by atoms with Crippen molar-refractivity contribution in [3.63, 3.8) is 0 Å². The predicted octanol–water partition coefficient (Wildman–Crippen LogP) is 2.64. The summed E-state index contributed by atoms with van der Waals surface area (Å²) in [6.45, 7) is -0.922. The summed E-state index contributed by atoms with van der Waals surface area (Å²) in [5.74, 6) is 0.161. The summed E-state index contributed by atoms with van der Waals surface area (Å²) >= 11 is 3.54. The van der Waals surface area contributed by atoms with E-state index in [0.29, 0.717) is 17.3 Å². The molecule has 2 unspecified atom stereocenters. The summed E-state index contributed by atoms with van der Waals surface area (Å²) in [5.41, 5.74) is 0. The van der Waals surface area contributed by atoms with Crippen LogP contribution >= 0.6 is 15.9 Å². The van der Waals surface area contributed by atoms with E-state index in [1.54, 1.807) is 0 Å². The van der Waals surface area contributed by atoms with Crippen molar-refractivity contribution in [1.82, 2.24) is 5.32 Å². The molecule has 0 radical (unpaired) electrons. The molecule has 0 aromatic heterocycles. The number of amides is 1. The standard InChI is InChI=1S/C11H17BrF3NO2/c12-9-3-1-2-8(9)6-16-10(17)4-5-18-7-11(13,14)15/h8-9H,1-7H2,(H,16,17). The molecule has 18 heavy (non-hydrogen) atoms. The van der Waals surface area contributed by atoms with Gasteiger partial charge in [-0.2, -0.15) is 13.2 Å². The Morgan fingerprint density at radius 1 is 1.39 bits per heavy atom. The molecule has 0 saturated heterocycles. The number of ether oxygens (including phenoxy) is 1. The molecule has 2 atom stereocenters. The highest BCUT2D eigenvalue weighted by Gasteiger charge is 2.27. The number of hydrogen-bond acceptors (Lipinski definition) is 2. The molecule has 1 N–H and O–H groups in total. The number of rotatable bonds is 6. The fourth-order valence-corrected chi connectivity index (χ4v) is 2.68. The summed E-state index contributed by atoms with van der Waals surface area (Å²) in [5, 5.41) is 2.72. The molecule has 3 nitrogen and oxygen atoms in total. The van der Waals surface area contributed by atoms with Crippen LogP contribution in [-0.2, 0) is 9.53 Å². The molecule has 1 aliphatic carbocycles. The highest BCUT2D eigenvalue weighted by Crippen LogP contribution is 2.30. The van der Waals surface area contributed by atoms with Crippen molar-refractivity contribution >= 4 is 21.8 Å². The van der Waals surface area contributed by atoms with E-state index < -0.39 is 12.8 Å². The first-order valence-electron chi connectivity index (χ1n) is 5.94. The third-order valence-corrected chi connectivity index (χ3v) is 4.07. The molecular weight excluding hydrogens is 315 g/mol. The summed E-state index contributed by atoms with van der Waals surface area (Å²) < 4.78 is 39.6. The fourth-order valence-electron chi connectivity index (χ4n) is 1.91. The van der Waals surface area contributed by atoms with Gasteiger partial charge in [0.1, 0.15) is 6.61 Å². The van der Waals surface area contributed by atoms with Crippen molar-refractivity contribution in [1.29, 1.82) is 0 Å². The lowest BCUT2D eigenvalue weighted by Gasteiger charge is -2.14. The molecule has 0 aromatic carbocycles. The lowest BCUT2D eigenvalue weighted by Crippen LogP contribution is -2.31. The molecule has 0 spiro atoms. The van der Waals surface area contributed by atoms with Crippen molar-refractivity contribution in [2.24, 2.45) is 5.92 Å². The molecule has 0 aromatic rings. The highest BCUT2D eigenvalue weighted by atomic mass is 79.9. The zero-order valence-corrected chi connectivity index (χ0v) is 11.5. The van der Waals surface area contributed by atoms with E-state index in [2.05, 4.69) is 26.0 Å². The van der Waals surface area contributed by atoms with E-state index >= 15 is 0 Å².